The minimum atomic E-state index is -0.325. The van der Waals surface area contributed by atoms with Crippen LogP contribution in [0, 0.1) is 0 Å². The summed E-state index contributed by atoms with van der Waals surface area (Å²) in [6.45, 7) is 12.1. The molecule has 0 aliphatic carbocycles. The molecule has 5 aromatic rings. The van der Waals surface area contributed by atoms with Gasteiger partial charge in [0.1, 0.15) is 11.5 Å². The summed E-state index contributed by atoms with van der Waals surface area (Å²) < 4.78 is 43.3. The van der Waals surface area contributed by atoms with E-state index in [0.717, 1.165) is 92.9 Å². The van der Waals surface area contributed by atoms with E-state index in [1.54, 1.807) is 14.2 Å². The van der Waals surface area contributed by atoms with Crippen LogP contribution in [0.4, 0.5) is 0 Å². The molecule has 292 valence electrons. The second kappa shape index (κ2) is 18.4. The zero-order chi connectivity index (χ0) is 38.3. The fourth-order valence-corrected chi connectivity index (χ4v) is 7.45. The number of benzene rings is 4. The molecule has 0 N–H and O–H groups in total. The number of esters is 1. The summed E-state index contributed by atoms with van der Waals surface area (Å²) in [4.78, 5) is 13.6. The minimum Gasteiger partial charge on any atom is -1.00 e. The van der Waals surface area contributed by atoms with Crippen molar-refractivity contribution in [3.8, 4) is 56.9 Å². The van der Waals surface area contributed by atoms with Crippen molar-refractivity contribution < 1.29 is 59.5 Å². The lowest BCUT2D eigenvalue weighted by Crippen LogP contribution is -3.00. The van der Waals surface area contributed by atoms with Crippen LogP contribution in [0.1, 0.15) is 42.0 Å². The zero-order valence-corrected chi connectivity index (χ0v) is 33.9. The lowest BCUT2D eigenvalue weighted by molar-refractivity contribution is -0.686. The standard InChI is InChI=1S/C46H48NO8.BrH/c1-6-10-30-12-15-40(51-20-8-3)35(23-30)31-13-16-39(33(24-31)11-7-2)52-21-9-22-53-44(48)27-37-34-14-17-41(49-4)46(50-5)38(34)28-47-19-18-32-25-42-43(55-29-54-42)26-36(32)45(37)47;/h6-7,12-17,23-26,28H,1-2,8-11,18-22,27,29H2,3-5H3;1H/q+1;/p-1. The first-order valence-corrected chi connectivity index (χ1v) is 18.9. The lowest BCUT2D eigenvalue weighted by Gasteiger charge is -2.20. The Hall–Kier alpha value is -5.48. The van der Waals surface area contributed by atoms with E-state index >= 15 is 0 Å². The third kappa shape index (κ3) is 8.35. The van der Waals surface area contributed by atoms with Crippen LogP contribution in [0.5, 0.6) is 34.5 Å². The van der Waals surface area contributed by atoms with E-state index in [2.05, 4.69) is 61.2 Å². The average Bonchev–Trinajstić information content (AvgIpc) is 3.66. The first kappa shape index (κ1) is 40.2. The van der Waals surface area contributed by atoms with Crippen molar-refractivity contribution in [1.82, 2.24) is 0 Å². The third-order valence-electron chi connectivity index (χ3n) is 9.99. The predicted molar refractivity (Wildman–Crippen MR) is 213 cm³/mol. The molecule has 1 aromatic heterocycles. The Kier molecular flexibility index (Phi) is 13.2. The first-order valence-electron chi connectivity index (χ1n) is 18.9. The van der Waals surface area contributed by atoms with Crippen molar-refractivity contribution in [1.29, 1.82) is 0 Å². The minimum absolute atomic E-state index is 0. The number of halogens is 1. The largest absolute Gasteiger partial charge is 1.00 e. The maximum absolute atomic E-state index is 13.6. The van der Waals surface area contributed by atoms with Crippen LogP contribution in [-0.4, -0.2) is 46.8 Å². The summed E-state index contributed by atoms with van der Waals surface area (Å²) in [5.74, 6) is 3.99. The van der Waals surface area contributed by atoms with Gasteiger partial charge in [-0.2, -0.15) is 4.57 Å². The Labute approximate surface area is 339 Å². The van der Waals surface area contributed by atoms with Crippen molar-refractivity contribution in [2.75, 3.05) is 40.8 Å². The van der Waals surface area contributed by atoms with Crippen molar-refractivity contribution in [2.24, 2.45) is 0 Å². The summed E-state index contributed by atoms with van der Waals surface area (Å²) in [5, 5.41) is 1.76. The number of rotatable bonds is 17. The third-order valence-corrected chi connectivity index (χ3v) is 9.99. The van der Waals surface area contributed by atoms with Crippen LogP contribution in [0.25, 0.3) is 33.2 Å². The van der Waals surface area contributed by atoms with E-state index in [-0.39, 0.29) is 42.8 Å². The van der Waals surface area contributed by atoms with Gasteiger partial charge in [0.25, 0.3) is 0 Å². The van der Waals surface area contributed by atoms with E-state index in [0.29, 0.717) is 43.3 Å². The number of aryl methyl sites for hydroxylation is 2. The molecule has 0 saturated carbocycles. The molecule has 2 aliphatic heterocycles. The van der Waals surface area contributed by atoms with Crippen molar-refractivity contribution in [2.45, 2.75) is 52.0 Å². The SMILES string of the molecule is C=CCc1ccc(OCCC)c(-c2ccc(OCCCOC(=O)Cc3c4[n+](cc5c(OC)c(OC)ccc35)CCc3cc5c(cc3-4)OCO5)c(CC=C)c2)c1.[Br-]. The Morgan fingerprint density at radius 3 is 2.36 bits per heavy atom. The van der Waals surface area contributed by atoms with Gasteiger partial charge in [0, 0.05) is 29.4 Å². The van der Waals surface area contributed by atoms with E-state index in [4.69, 9.17) is 33.2 Å². The molecule has 0 atom stereocenters. The number of aromatic nitrogens is 1. The van der Waals surface area contributed by atoms with Gasteiger partial charge in [-0.15, -0.1) is 13.2 Å². The first-order chi connectivity index (χ1) is 27.0. The molecular weight excluding hydrogens is 774 g/mol. The van der Waals surface area contributed by atoms with Crippen LogP contribution in [0.15, 0.2) is 92.2 Å². The number of hydrogen-bond donors (Lipinski definition) is 0. The number of ether oxygens (including phenoxy) is 7. The van der Waals surface area contributed by atoms with Crippen LogP contribution in [0.3, 0.4) is 0 Å². The summed E-state index contributed by atoms with van der Waals surface area (Å²) >= 11 is 0. The number of hydrogen-bond acceptors (Lipinski definition) is 8. The van der Waals surface area contributed by atoms with E-state index in [1.807, 2.05) is 42.5 Å². The quantitative estimate of drug-likeness (QED) is 0.0522. The molecule has 4 aromatic carbocycles. The Morgan fingerprint density at radius 1 is 0.821 bits per heavy atom. The molecule has 0 amide bonds. The van der Waals surface area contributed by atoms with E-state index in [1.165, 1.54) is 5.56 Å². The highest BCUT2D eigenvalue weighted by atomic mass is 79.9. The predicted octanol–water partition coefficient (Wildman–Crippen LogP) is 5.57. The van der Waals surface area contributed by atoms with E-state index in [9.17, 15) is 4.79 Å². The molecule has 0 bridgehead atoms. The molecule has 7 rings (SSSR count). The summed E-state index contributed by atoms with van der Waals surface area (Å²) in [7, 11) is 3.25. The van der Waals surface area contributed by atoms with Crippen LogP contribution < -0.4 is 50.0 Å². The number of carbonyl (C=O) groups excluding carboxylic acids is 1. The second-order valence-electron chi connectivity index (χ2n) is 13.6. The fourth-order valence-electron chi connectivity index (χ4n) is 7.45. The molecule has 0 radical (unpaired) electrons. The number of nitrogens with zero attached hydrogens (tertiary/aromatic N) is 1. The highest BCUT2D eigenvalue weighted by Crippen LogP contribution is 2.44. The maximum atomic E-state index is 13.6. The Bertz CT molecular complexity index is 2250. The highest BCUT2D eigenvalue weighted by molar-refractivity contribution is 5.97. The summed E-state index contributed by atoms with van der Waals surface area (Å²) in [5.41, 5.74) is 8.24. The Balaban J connectivity index is 0.00000532. The monoisotopic (exact) mass is 821 g/mol. The number of carbonyl (C=O) groups is 1. The fraction of sp³-hybridized carbons (Fsp3) is 0.304. The maximum Gasteiger partial charge on any atom is 0.310 e. The van der Waals surface area contributed by atoms with Gasteiger partial charge in [0.15, 0.2) is 35.7 Å². The molecule has 3 heterocycles. The number of allylic oxidation sites excluding steroid dienone is 2. The zero-order valence-electron chi connectivity index (χ0n) is 32.3. The highest BCUT2D eigenvalue weighted by Gasteiger charge is 2.33. The molecule has 0 saturated heterocycles. The molecule has 56 heavy (non-hydrogen) atoms. The van der Waals surface area contributed by atoms with Gasteiger partial charge in [-0.1, -0.05) is 31.2 Å². The number of fused-ring (bicyclic) bond motifs is 5. The van der Waals surface area contributed by atoms with Gasteiger partial charge in [-0.3, -0.25) is 4.79 Å². The van der Waals surface area contributed by atoms with Gasteiger partial charge in [0.05, 0.1) is 51.4 Å². The molecule has 0 spiro atoms. The van der Waals surface area contributed by atoms with Crippen molar-refractivity contribution in [3.05, 3.63) is 114 Å². The normalized spacial score (nSPS) is 12.2. The summed E-state index contributed by atoms with van der Waals surface area (Å²) in [6.07, 6.45) is 9.61. The topological polar surface area (TPSA) is 85.6 Å². The average molecular weight is 823 g/mol. The molecule has 0 fully saturated rings. The smallest absolute Gasteiger partial charge is 0.310 e. The number of pyridine rings is 1. The molecule has 2 aliphatic rings. The van der Waals surface area contributed by atoms with Gasteiger partial charge < -0.3 is 50.1 Å². The molecular formula is C46H48BrNO8. The Morgan fingerprint density at radius 2 is 1.59 bits per heavy atom. The van der Waals surface area contributed by atoms with E-state index < -0.39 is 0 Å². The van der Waals surface area contributed by atoms with Gasteiger partial charge in [-0.05, 0) is 90.0 Å². The van der Waals surface area contributed by atoms with Crippen LogP contribution in [-0.2, 0) is 41.8 Å². The van der Waals surface area contributed by atoms with Crippen LogP contribution >= 0.6 is 0 Å². The molecule has 10 heteroatoms. The van der Waals surface area contributed by atoms with Crippen molar-refractivity contribution >= 4 is 16.7 Å². The molecule has 9 nitrogen and oxygen atoms in total. The van der Waals surface area contributed by atoms with Gasteiger partial charge in [-0.25, -0.2) is 0 Å². The second-order valence-corrected chi connectivity index (χ2v) is 13.6. The number of methoxy groups -OCH3 is 2. The summed E-state index contributed by atoms with van der Waals surface area (Å²) in [6, 6.07) is 20.4. The van der Waals surface area contributed by atoms with Gasteiger partial charge >= 0.3 is 5.97 Å². The lowest BCUT2D eigenvalue weighted by atomic mass is 9.90. The van der Waals surface area contributed by atoms with Crippen molar-refractivity contribution in [3.63, 3.8) is 0 Å². The van der Waals surface area contributed by atoms with Crippen LogP contribution in [0.2, 0.25) is 0 Å². The van der Waals surface area contributed by atoms with Gasteiger partial charge in [0.2, 0.25) is 12.5 Å². The molecule has 0 unspecified atom stereocenters.